The number of anilines is 1. The fraction of sp³-hybridized carbons (Fsp3) is 0.381. The Labute approximate surface area is 169 Å². The average molecular weight is 400 g/mol. The topological polar surface area (TPSA) is 62.7 Å². The number of piperazine rings is 1. The Bertz CT molecular complexity index is 912. The number of hydrogen-bond donors (Lipinski definition) is 0. The highest BCUT2D eigenvalue weighted by molar-refractivity contribution is 6.30. The zero-order valence-electron chi connectivity index (χ0n) is 15.9. The molecule has 1 atom stereocenters. The first-order chi connectivity index (χ1) is 13.4. The number of nitrogens with zero attached hydrogens (tertiary/aromatic N) is 3. The maximum Gasteiger partial charge on any atom is 0.251 e. The molecule has 2 saturated heterocycles. The Morgan fingerprint density at radius 2 is 1.89 bits per heavy atom. The number of halogens is 1. The van der Waals surface area contributed by atoms with Crippen molar-refractivity contribution in [2.75, 3.05) is 24.7 Å². The highest BCUT2D eigenvalue weighted by atomic mass is 35.5. The zero-order valence-corrected chi connectivity index (χ0v) is 16.6. The van der Waals surface area contributed by atoms with Crippen LogP contribution in [0.25, 0.3) is 0 Å². The summed E-state index contributed by atoms with van der Waals surface area (Å²) in [6.45, 7) is 5.21. The van der Waals surface area contributed by atoms with Crippen molar-refractivity contribution in [1.82, 2.24) is 9.88 Å². The molecule has 1 aromatic carbocycles. The SMILES string of the molecule is Cc1ccc(CN2C(=O)CN(c3ncc(Cl)cc3C)C(=O)C2C2COC2)cc1. The van der Waals surface area contributed by atoms with Crippen molar-refractivity contribution in [1.29, 1.82) is 0 Å². The molecule has 4 rings (SSSR count). The van der Waals surface area contributed by atoms with Crippen molar-refractivity contribution in [3.63, 3.8) is 0 Å². The summed E-state index contributed by atoms with van der Waals surface area (Å²) in [7, 11) is 0. The maximum absolute atomic E-state index is 13.4. The number of carbonyl (C=O) groups excluding carboxylic acids is 2. The largest absolute Gasteiger partial charge is 0.380 e. The molecule has 28 heavy (non-hydrogen) atoms. The van der Waals surface area contributed by atoms with Crippen molar-refractivity contribution in [2.45, 2.75) is 26.4 Å². The number of ether oxygens (including phenoxy) is 1. The van der Waals surface area contributed by atoms with E-state index in [4.69, 9.17) is 16.3 Å². The Morgan fingerprint density at radius 1 is 1.18 bits per heavy atom. The second-order valence-corrected chi connectivity index (χ2v) is 7.90. The summed E-state index contributed by atoms with van der Waals surface area (Å²) < 4.78 is 5.32. The lowest BCUT2D eigenvalue weighted by Gasteiger charge is -2.45. The van der Waals surface area contributed by atoms with Crippen molar-refractivity contribution >= 4 is 29.2 Å². The van der Waals surface area contributed by atoms with Crippen LogP contribution in [-0.4, -0.2) is 47.5 Å². The third-order valence-corrected chi connectivity index (χ3v) is 5.53. The van der Waals surface area contributed by atoms with E-state index >= 15 is 0 Å². The summed E-state index contributed by atoms with van der Waals surface area (Å²) in [6.07, 6.45) is 1.50. The molecule has 2 amide bonds. The van der Waals surface area contributed by atoms with Gasteiger partial charge in [-0.1, -0.05) is 41.4 Å². The van der Waals surface area contributed by atoms with Crippen LogP contribution in [0, 0.1) is 19.8 Å². The molecule has 7 heteroatoms. The number of carbonyl (C=O) groups is 2. The lowest BCUT2D eigenvalue weighted by Crippen LogP contribution is -2.65. The highest BCUT2D eigenvalue weighted by Gasteiger charge is 2.47. The van der Waals surface area contributed by atoms with Gasteiger partial charge in [-0.15, -0.1) is 0 Å². The van der Waals surface area contributed by atoms with E-state index in [-0.39, 0.29) is 24.3 Å². The van der Waals surface area contributed by atoms with E-state index in [1.807, 2.05) is 38.1 Å². The highest BCUT2D eigenvalue weighted by Crippen LogP contribution is 2.30. The van der Waals surface area contributed by atoms with Crippen molar-refractivity contribution in [3.05, 3.63) is 58.2 Å². The number of amides is 2. The number of benzene rings is 1. The molecule has 2 aliphatic rings. The van der Waals surface area contributed by atoms with Gasteiger partial charge >= 0.3 is 0 Å². The van der Waals surface area contributed by atoms with Gasteiger partial charge in [0.1, 0.15) is 18.4 Å². The molecule has 2 fully saturated rings. The Kier molecular flexibility index (Phi) is 5.08. The van der Waals surface area contributed by atoms with Crippen molar-refractivity contribution in [3.8, 4) is 0 Å². The minimum atomic E-state index is -0.548. The zero-order chi connectivity index (χ0) is 19.8. The summed E-state index contributed by atoms with van der Waals surface area (Å²) in [5.41, 5.74) is 2.93. The molecule has 2 aliphatic heterocycles. The fourth-order valence-corrected chi connectivity index (χ4v) is 3.93. The van der Waals surface area contributed by atoms with Crippen LogP contribution in [0.2, 0.25) is 5.02 Å². The third kappa shape index (κ3) is 3.50. The molecule has 146 valence electrons. The summed E-state index contributed by atoms with van der Waals surface area (Å²) in [6, 6.07) is 9.23. The van der Waals surface area contributed by atoms with Gasteiger partial charge in [0.25, 0.3) is 5.91 Å². The number of aryl methyl sites for hydroxylation is 2. The molecular formula is C21H22ClN3O3. The first-order valence-electron chi connectivity index (χ1n) is 9.30. The van der Waals surface area contributed by atoms with Crippen LogP contribution in [0.1, 0.15) is 16.7 Å². The van der Waals surface area contributed by atoms with E-state index in [0.717, 1.165) is 16.7 Å². The molecule has 0 radical (unpaired) electrons. The quantitative estimate of drug-likeness (QED) is 0.793. The van der Waals surface area contributed by atoms with Gasteiger partial charge in [0.05, 0.1) is 18.2 Å². The fourth-order valence-electron chi connectivity index (χ4n) is 3.72. The predicted molar refractivity (Wildman–Crippen MR) is 106 cm³/mol. The molecule has 0 saturated carbocycles. The van der Waals surface area contributed by atoms with Crippen molar-refractivity contribution < 1.29 is 14.3 Å². The predicted octanol–water partition coefficient (Wildman–Crippen LogP) is 2.74. The van der Waals surface area contributed by atoms with Crippen LogP contribution in [0.3, 0.4) is 0 Å². The van der Waals surface area contributed by atoms with Gasteiger partial charge in [0, 0.05) is 18.7 Å². The van der Waals surface area contributed by atoms with Gasteiger partial charge in [0.2, 0.25) is 5.91 Å². The molecule has 0 N–H and O–H groups in total. The molecular weight excluding hydrogens is 378 g/mol. The van der Waals surface area contributed by atoms with Gasteiger partial charge in [-0.2, -0.15) is 0 Å². The Hall–Kier alpha value is -2.44. The standard InChI is InChI=1S/C21H22ClN3O3/c1-13-3-5-15(6-4-13)9-24-18(26)10-25(20-14(2)7-17(22)8-23-20)21(27)19(24)16-11-28-12-16/h3-8,16,19H,9-12H2,1-2H3. The normalized spacial score (nSPS) is 20.5. The number of pyridine rings is 1. The second kappa shape index (κ2) is 7.53. The van der Waals surface area contributed by atoms with Crippen LogP contribution in [0.5, 0.6) is 0 Å². The molecule has 1 aromatic heterocycles. The smallest absolute Gasteiger partial charge is 0.251 e. The van der Waals surface area contributed by atoms with E-state index in [0.29, 0.717) is 30.6 Å². The summed E-state index contributed by atoms with van der Waals surface area (Å²) in [4.78, 5) is 34.0. The summed E-state index contributed by atoms with van der Waals surface area (Å²) in [5, 5.41) is 0.502. The van der Waals surface area contributed by atoms with Crippen LogP contribution in [0.15, 0.2) is 36.5 Å². The van der Waals surface area contributed by atoms with Gasteiger partial charge < -0.3 is 9.64 Å². The number of aromatic nitrogens is 1. The van der Waals surface area contributed by atoms with E-state index in [2.05, 4.69) is 4.98 Å². The van der Waals surface area contributed by atoms with Gasteiger partial charge in [-0.3, -0.25) is 14.5 Å². The van der Waals surface area contributed by atoms with E-state index < -0.39 is 6.04 Å². The summed E-state index contributed by atoms with van der Waals surface area (Å²) >= 11 is 6.00. The Morgan fingerprint density at radius 3 is 2.50 bits per heavy atom. The van der Waals surface area contributed by atoms with Crippen LogP contribution >= 0.6 is 11.6 Å². The molecule has 6 nitrogen and oxygen atoms in total. The molecule has 0 spiro atoms. The minimum absolute atomic E-state index is 0.00250. The average Bonchev–Trinajstić information content (AvgIpc) is 2.61. The van der Waals surface area contributed by atoms with Crippen LogP contribution in [0.4, 0.5) is 5.82 Å². The summed E-state index contributed by atoms with van der Waals surface area (Å²) in [5.74, 6) is 0.284. The third-order valence-electron chi connectivity index (χ3n) is 5.33. The molecule has 1 unspecified atom stereocenters. The molecule has 2 aromatic rings. The lowest BCUT2D eigenvalue weighted by molar-refractivity contribution is -0.155. The molecule has 0 bridgehead atoms. The number of rotatable bonds is 4. The van der Waals surface area contributed by atoms with E-state index in [1.54, 1.807) is 11.0 Å². The van der Waals surface area contributed by atoms with Crippen LogP contribution in [-0.2, 0) is 20.9 Å². The first-order valence-corrected chi connectivity index (χ1v) is 9.68. The van der Waals surface area contributed by atoms with Crippen LogP contribution < -0.4 is 4.90 Å². The van der Waals surface area contributed by atoms with Crippen molar-refractivity contribution in [2.24, 2.45) is 5.92 Å². The minimum Gasteiger partial charge on any atom is -0.380 e. The molecule has 3 heterocycles. The van der Waals surface area contributed by atoms with E-state index in [9.17, 15) is 9.59 Å². The maximum atomic E-state index is 13.4. The van der Waals surface area contributed by atoms with Gasteiger partial charge in [-0.05, 0) is 31.0 Å². The monoisotopic (exact) mass is 399 g/mol. The Balaban J connectivity index is 1.65. The number of hydrogen-bond acceptors (Lipinski definition) is 4. The first kappa shape index (κ1) is 18.9. The van der Waals surface area contributed by atoms with Gasteiger partial charge in [-0.25, -0.2) is 4.98 Å². The lowest BCUT2D eigenvalue weighted by atomic mass is 9.92. The molecule has 0 aliphatic carbocycles. The van der Waals surface area contributed by atoms with Gasteiger partial charge in [0.15, 0.2) is 0 Å². The van der Waals surface area contributed by atoms with E-state index in [1.165, 1.54) is 11.1 Å². The second-order valence-electron chi connectivity index (χ2n) is 7.47.